The molecule has 1 aliphatic heterocycles. The third kappa shape index (κ3) is 3.69. The molecule has 0 aromatic heterocycles. The Morgan fingerprint density at radius 3 is 2.47 bits per heavy atom. The molecule has 1 aliphatic carbocycles. The maximum absolute atomic E-state index is 12.0. The van der Waals surface area contributed by atoms with E-state index >= 15 is 0 Å². The van der Waals surface area contributed by atoms with Gasteiger partial charge in [-0.25, -0.2) is 0 Å². The fourth-order valence-electron chi connectivity index (χ4n) is 3.29. The third-order valence-corrected chi connectivity index (χ3v) is 4.93. The molecule has 0 unspecified atom stereocenters. The van der Waals surface area contributed by atoms with Gasteiger partial charge < -0.3 is 15.4 Å². The number of nitrogens with zero attached hydrogens (tertiary/aromatic N) is 1. The number of amides is 1. The predicted molar refractivity (Wildman–Crippen MR) is 75.8 cm³/mol. The van der Waals surface area contributed by atoms with Gasteiger partial charge >= 0.3 is 0 Å². The largest absolute Gasteiger partial charge is 0.364 e. The third-order valence-electron chi connectivity index (χ3n) is 4.93. The van der Waals surface area contributed by atoms with Crippen LogP contribution in [0.5, 0.6) is 0 Å². The number of carbonyl (C=O) groups is 1. The minimum Gasteiger partial charge on any atom is -0.364 e. The summed E-state index contributed by atoms with van der Waals surface area (Å²) >= 11 is 0. The fraction of sp³-hybridized carbons (Fsp3) is 0.933. The second-order valence-corrected chi connectivity index (χ2v) is 6.12. The van der Waals surface area contributed by atoms with E-state index in [2.05, 4.69) is 6.92 Å². The van der Waals surface area contributed by atoms with Crippen LogP contribution in [0.1, 0.15) is 51.9 Å². The molecule has 1 amide bonds. The zero-order chi connectivity index (χ0) is 13.7. The summed E-state index contributed by atoms with van der Waals surface area (Å²) in [5.74, 6) is 0.959. The van der Waals surface area contributed by atoms with Crippen LogP contribution in [-0.4, -0.2) is 42.6 Å². The average Bonchev–Trinajstić information content (AvgIpc) is 2.99. The number of hydrogen-bond donors (Lipinski definition) is 1. The molecular weight excluding hydrogens is 240 g/mol. The summed E-state index contributed by atoms with van der Waals surface area (Å²) in [6.45, 7) is 4.80. The van der Waals surface area contributed by atoms with Gasteiger partial charge in [0, 0.05) is 19.6 Å². The lowest BCUT2D eigenvalue weighted by atomic mass is 9.77. The summed E-state index contributed by atoms with van der Waals surface area (Å²) in [7, 11) is 0. The van der Waals surface area contributed by atoms with Crippen molar-refractivity contribution in [2.75, 3.05) is 26.2 Å². The summed E-state index contributed by atoms with van der Waals surface area (Å²) in [5.41, 5.74) is 5.68. The van der Waals surface area contributed by atoms with E-state index in [0.717, 1.165) is 44.7 Å². The van der Waals surface area contributed by atoms with E-state index in [1.165, 1.54) is 19.3 Å². The van der Waals surface area contributed by atoms with Crippen LogP contribution in [0.3, 0.4) is 0 Å². The van der Waals surface area contributed by atoms with Gasteiger partial charge in [-0.1, -0.05) is 13.3 Å². The highest BCUT2D eigenvalue weighted by atomic mass is 16.5. The standard InChI is InChI=1S/C15H28N2O2/c1-2-13-5-7-15(12-16,8-6-13)19-11-14(18)17-9-3-4-10-17/h13H,2-12,16H2,1H3. The van der Waals surface area contributed by atoms with E-state index in [4.69, 9.17) is 10.5 Å². The van der Waals surface area contributed by atoms with Crippen molar-refractivity contribution in [3.8, 4) is 0 Å². The SMILES string of the molecule is CCC1CCC(CN)(OCC(=O)N2CCCC2)CC1. The average molecular weight is 268 g/mol. The molecule has 4 nitrogen and oxygen atoms in total. The molecule has 2 rings (SSSR count). The molecule has 0 bridgehead atoms. The normalized spacial score (nSPS) is 31.7. The highest BCUT2D eigenvalue weighted by Gasteiger charge is 2.35. The Morgan fingerprint density at radius 1 is 1.32 bits per heavy atom. The number of nitrogens with two attached hydrogens (primary N) is 1. The van der Waals surface area contributed by atoms with Gasteiger partial charge in [0.15, 0.2) is 0 Å². The van der Waals surface area contributed by atoms with Crippen LogP contribution in [0.2, 0.25) is 0 Å². The molecule has 2 N–H and O–H groups in total. The van der Waals surface area contributed by atoms with Gasteiger partial charge in [0.25, 0.3) is 0 Å². The summed E-state index contributed by atoms with van der Waals surface area (Å²) in [5, 5.41) is 0. The highest BCUT2D eigenvalue weighted by molar-refractivity contribution is 5.77. The fourth-order valence-corrected chi connectivity index (χ4v) is 3.29. The maximum atomic E-state index is 12.0. The Kier molecular flexibility index (Phi) is 5.22. The summed E-state index contributed by atoms with van der Waals surface area (Å²) < 4.78 is 5.97. The first-order chi connectivity index (χ1) is 9.19. The molecule has 0 aromatic rings. The van der Waals surface area contributed by atoms with E-state index < -0.39 is 0 Å². The molecule has 2 fully saturated rings. The topological polar surface area (TPSA) is 55.6 Å². The monoisotopic (exact) mass is 268 g/mol. The van der Waals surface area contributed by atoms with E-state index in [1.54, 1.807) is 0 Å². The first-order valence-electron chi connectivity index (χ1n) is 7.81. The Bertz CT molecular complexity index is 293. The zero-order valence-electron chi connectivity index (χ0n) is 12.2. The van der Waals surface area contributed by atoms with Crippen LogP contribution in [0.4, 0.5) is 0 Å². The van der Waals surface area contributed by atoms with Gasteiger partial charge in [-0.2, -0.15) is 0 Å². The van der Waals surface area contributed by atoms with E-state index in [1.807, 2.05) is 4.90 Å². The first-order valence-corrected chi connectivity index (χ1v) is 7.81. The van der Waals surface area contributed by atoms with E-state index in [9.17, 15) is 4.79 Å². The summed E-state index contributed by atoms with van der Waals surface area (Å²) in [4.78, 5) is 13.9. The van der Waals surface area contributed by atoms with Crippen LogP contribution in [0.25, 0.3) is 0 Å². The molecule has 0 aromatic carbocycles. The van der Waals surface area contributed by atoms with Crippen molar-refractivity contribution in [1.82, 2.24) is 4.90 Å². The maximum Gasteiger partial charge on any atom is 0.248 e. The smallest absolute Gasteiger partial charge is 0.248 e. The van der Waals surface area contributed by atoms with E-state index in [-0.39, 0.29) is 18.1 Å². The Labute approximate surface area is 116 Å². The summed E-state index contributed by atoms with van der Waals surface area (Å²) in [6, 6.07) is 0. The molecular formula is C15H28N2O2. The highest BCUT2D eigenvalue weighted by Crippen LogP contribution is 2.35. The Morgan fingerprint density at radius 2 is 1.95 bits per heavy atom. The quantitative estimate of drug-likeness (QED) is 0.829. The van der Waals surface area contributed by atoms with Crippen LogP contribution in [-0.2, 0) is 9.53 Å². The molecule has 2 aliphatic rings. The van der Waals surface area contributed by atoms with Gasteiger partial charge in [0.2, 0.25) is 5.91 Å². The van der Waals surface area contributed by atoms with Crippen molar-refractivity contribution in [2.45, 2.75) is 57.5 Å². The lowest BCUT2D eigenvalue weighted by Crippen LogP contribution is -2.46. The lowest BCUT2D eigenvalue weighted by molar-refractivity contribution is -0.145. The molecule has 0 atom stereocenters. The molecule has 19 heavy (non-hydrogen) atoms. The lowest BCUT2D eigenvalue weighted by Gasteiger charge is -2.39. The molecule has 1 saturated carbocycles. The van der Waals surface area contributed by atoms with Crippen LogP contribution < -0.4 is 5.73 Å². The van der Waals surface area contributed by atoms with Crippen molar-refractivity contribution in [3.63, 3.8) is 0 Å². The molecule has 110 valence electrons. The van der Waals surface area contributed by atoms with Gasteiger partial charge in [0.05, 0.1) is 5.60 Å². The molecule has 1 saturated heterocycles. The van der Waals surface area contributed by atoms with Gasteiger partial charge in [-0.15, -0.1) is 0 Å². The zero-order valence-corrected chi connectivity index (χ0v) is 12.2. The number of ether oxygens (including phenoxy) is 1. The van der Waals surface area contributed by atoms with E-state index in [0.29, 0.717) is 6.54 Å². The number of carbonyl (C=O) groups excluding carboxylic acids is 1. The Hall–Kier alpha value is -0.610. The number of rotatable bonds is 5. The Balaban J connectivity index is 1.80. The van der Waals surface area contributed by atoms with Crippen LogP contribution in [0.15, 0.2) is 0 Å². The van der Waals surface area contributed by atoms with Crippen molar-refractivity contribution < 1.29 is 9.53 Å². The van der Waals surface area contributed by atoms with Gasteiger partial charge in [-0.3, -0.25) is 4.79 Å². The van der Waals surface area contributed by atoms with Crippen LogP contribution in [0, 0.1) is 5.92 Å². The number of hydrogen-bond acceptors (Lipinski definition) is 3. The first kappa shape index (κ1) is 14.8. The second kappa shape index (κ2) is 6.71. The molecule has 1 heterocycles. The van der Waals surface area contributed by atoms with Crippen molar-refractivity contribution in [2.24, 2.45) is 11.7 Å². The molecule has 4 heteroatoms. The number of likely N-dealkylation sites (tertiary alicyclic amines) is 1. The van der Waals surface area contributed by atoms with Crippen LogP contribution >= 0.6 is 0 Å². The van der Waals surface area contributed by atoms with Gasteiger partial charge in [0.1, 0.15) is 6.61 Å². The van der Waals surface area contributed by atoms with Gasteiger partial charge in [-0.05, 0) is 44.4 Å². The predicted octanol–water partition coefficient (Wildman–Crippen LogP) is 1.92. The molecule has 0 spiro atoms. The second-order valence-electron chi connectivity index (χ2n) is 6.12. The minimum atomic E-state index is -0.235. The van der Waals surface area contributed by atoms with Crippen molar-refractivity contribution in [1.29, 1.82) is 0 Å². The van der Waals surface area contributed by atoms with Crippen molar-refractivity contribution in [3.05, 3.63) is 0 Å². The molecule has 0 radical (unpaired) electrons. The van der Waals surface area contributed by atoms with Crippen molar-refractivity contribution >= 4 is 5.91 Å². The minimum absolute atomic E-state index is 0.142. The summed E-state index contributed by atoms with van der Waals surface area (Å²) in [6.07, 6.45) is 7.90.